The molecular formula is C31H39ClFN5O4. The van der Waals surface area contributed by atoms with E-state index in [2.05, 4.69) is 10.2 Å². The van der Waals surface area contributed by atoms with E-state index in [9.17, 15) is 18.8 Å². The van der Waals surface area contributed by atoms with Crippen molar-refractivity contribution in [2.24, 2.45) is 0 Å². The molecular weight excluding hydrogens is 561 g/mol. The molecule has 0 aliphatic carbocycles. The molecule has 2 aliphatic heterocycles. The van der Waals surface area contributed by atoms with Crippen molar-refractivity contribution in [1.29, 1.82) is 0 Å². The number of fused-ring (bicyclic) bond motifs is 2. The van der Waals surface area contributed by atoms with Crippen LogP contribution in [0.1, 0.15) is 31.9 Å². The van der Waals surface area contributed by atoms with Crippen LogP contribution in [-0.2, 0) is 20.9 Å². The molecule has 9 nitrogen and oxygen atoms in total. The summed E-state index contributed by atoms with van der Waals surface area (Å²) >= 11 is 6.19. The Morgan fingerprint density at radius 3 is 2.29 bits per heavy atom. The molecule has 0 spiro atoms. The van der Waals surface area contributed by atoms with E-state index in [1.165, 1.54) is 18.2 Å². The first-order valence-corrected chi connectivity index (χ1v) is 14.3. The number of carbonyl (C=O) groups is 3. The van der Waals surface area contributed by atoms with Gasteiger partial charge < -0.3 is 24.8 Å². The van der Waals surface area contributed by atoms with Crippen LogP contribution in [0.5, 0.6) is 0 Å². The highest BCUT2D eigenvalue weighted by Crippen LogP contribution is 2.27. The van der Waals surface area contributed by atoms with Crippen LogP contribution in [0.15, 0.2) is 48.5 Å². The molecule has 2 fully saturated rings. The quantitative estimate of drug-likeness (QED) is 0.477. The molecule has 2 bridgehead atoms. The zero-order valence-electron chi connectivity index (χ0n) is 24.8. The fourth-order valence-electron chi connectivity index (χ4n) is 5.34. The van der Waals surface area contributed by atoms with Gasteiger partial charge in [-0.3, -0.25) is 14.5 Å². The normalized spacial score (nSPS) is 19.3. The van der Waals surface area contributed by atoms with Crippen LogP contribution in [0.25, 0.3) is 6.08 Å². The van der Waals surface area contributed by atoms with Gasteiger partial charge in [-0.15, -0.1) is 0 Å². The van der Waals surface area contributed by atoms with E-state index >= 15 is 0 Å². The lowest BCUT2D eigenvalue weighted by molar-refractivity contribution is -0.140. The third-order valence-corrected chi connectivity index (χ3v) is 7.20. The lowest BCUT2D eigenvalue weighted by Crippen LogP contribution is -2.70. The smallest absolute Gasteiger partial charge is 0.410 e. The number of halogens is 2. The van der Waals surface area contributed by atoms with Crippen molar-refractivity contribution < 1.29 is 23.5 Å². The van der Waals surface area contributed by atoms with E-state index in [-0.39, 0.29) is 36.3 Å². The lowest BCUT2D eigenvalue weighted by Gasteiger charge is -2.52. The highest BCUT2D eigenvalue weighted by molar-refractivity contribution is 6.31. The Morgan fingerprint density at radius 1 is 1.05 bits per heavy atom. The average Bonchev–Trinajstić information content (AvgIpc) is 2.87. The van der Waals surface area contributed by atoms with Gasteiger partial charge in [-0.1, -0.05) is 29.8 Å². The van der Waals surface area contributed by atoms with E-state index in [4.69, 9.17) is 16.3 Å². The largest absolute Gasteiger partial charge is 0.444 e. The molecule has 42 heavy (non-hydrogen) atoms. The van der Waals surface area contributed by atoms with Crippen molar-refractivity contribution in [1.82, 2.24) is 19.6 Å². The number of nitrogens with zero attached hydrogens (tertiary/aromatic N) is 4. The highest BCUT2D eigenvalue weighted by Gasteiger charge is 2.44. The van der Waals surface area contributed by atoms with Crippen LogP contribution < -0.4 is 5.32 Å². The second-order valence-corrected chi connectivity index (χ2v) is 12.5. The Kier molecular flexibility index (Phi) is 9.91. The Bertz CT molecular complexity index is 1310. The Labute approximate surface area is 251 Å². The number of nitrogens with one attached hydrogen (secondary N) is 1. The zero-order chi connectivity index (χ0) is 30.6. The van der Waals surface area contributed by atoms with Gasteiger partial charge in [0.2, 0.25) is 11.8 Å². The molecule has 0 aromatic heterocycles. The summed E-state index contributed by atoms with van der Waals surface area (Å²) in [7, 11) is 3.61. The van der Waals surface area contributed by atoms with Gasteiger partial charge in [0.1, 0.15) is 11.4 Å². The molecule has 2 aromatic carbocycles. The number of piperazine rings is 2. The third-order valence-electron chi connectivity index (χ3n) is 6.97. The molecule has 226 valence electrons. The van der Waals surface area contributed by atoms with E-state index in [0.29, 0.717) is 49.0 Å². The fraction of sp³-hybridized carbons (Fsp3) is 0.452. The number of likely N-dealkylation sites (N-methyl/N-ethyl adjacent to an activating group) is 1. The number of rotatable bonds is 7. The van der Waals surface area contributed by atoms with E-state index in [1.807, 2.05) is 25.7 Å². The van der Waals surface area contributed by atoms with Crippen LogP contribution in [0.3, 0.4) is 0 Å². The summed E-state index contributed by atoms with van der Waals surface area (Å²) in [6, 6.07) is 11.0. The maximum atomic E-state index is 13.7. The highest BCUT2D eigenvalue weighted by atomic mass is 35.5. The van der Waals surface area contributed by atoms with E-state index < -0.39 is 11.7 Å². The summed E-state index contributed by atoms with van der Waals surface area (Å²) in [6.45, 7) is 8.04. The number of hydrogen-bond donors (Lipinski definition) is 1. The molecule has 3 amide bonds. The minimum atomic E-state index is -0.630. The lowest BCUT2D eigenvalue weighted by atomic mass is 9.99. The number of ether oxygens (including phenoxy) is 1. The summed E-state index contributed by atoms with van der Waals surface area (Å²) in [5.41, 5.74) is 1.51. The first-order chi connectivity index (χ1) is 19.8. The monoisotopic (exact) mass is 599 g/mol. The van der Waals surface area contributed by atoms with Crippen LogP contribution >= 0.6 is 11.6 Å². The summed E-state index contributed by atoms with van der Waals surface area (Å²) in [4.78, 5) is 46.5. The van der Waals surface area contributed by atoms with Crippen LogP contribution in [0.4, 0.5) is 14.9 Å². The molecule has 4 rings (SSSR count). The van der Waals surface area contributed by atoms with Gasteiger partial charge in [0.25, 0.3) is 0 Å². The van der Waals surface area contributed by atoms with Crippen LogP contribution in [-0.4, -0.2) is 102 Å². The fourth-order valence-corrected chi connectivity index (χ4v) is 5.51. The van der Waals surface area contributed by atoms with Gasteiger partial charge in [0.05, 0.1) is 18.6 Å². The standard InChI is InChI=1S/C31H39ClFN5O4/c1-31(2,3)42-30(41)37-18-25-16-36(15-21-6-11-24(33)12-7-21)17-26(19-37)38(25)29(40)13-9-22-8-10-23(32)14-27(22)34-28(39)20-35(4)5/h6-14,25-26H,15-20H2,1-5H3,(H,34,39). The second-order valence-electron chi connectivity index (χ2n) is 12.1. The summed E-state index contributed by atoms with van der Waals surface area (Å²) in [5, 5.41) is 3.33. The van der Waals surface area contributed by atoms with Crippen molar-refractivity contribution >= 4 is 41.3 Å². The number of carbonyl (C=O) groups excluding carboxylic acids is 3. The maximum absolute atomic E-state index is 13.7. The molecule has 0 saturated carbocycles. The van der Waals surface area contributed by atoms with Crippen molar-refractivity contribution in [2.75, 3.05) is 52.1 Å². The Hall–Kier alpha value is -3.47. The predicted octanol–water partition coefficient (Wildman–Crippen LogP) is 4.32. The Balaban J connectivity index is 1.53. The van der Waals surface area contributed by atoms with Gasteiger partial charge in [0, 0.05) is 49.5 Å². The average molecular weight is 600 g/mol. The van der Waals surface area contributed by atoms with Gasteiger partial charge in [-0.2, -0.15) is 0 Å². The second kappa shape index (κ2) is 13.2. The molecule has 2 saturated heterocycles. The van der Waals surface area contributed by atoms with Crippen molar-refractivity contribution in [3.05, 3.63) is 70.5 Å². The molecule has 0 radical (unpaired) electrons. The number of amides is 3. The third kappa shape index (κ3) is 8.53. The zero-order valence-corrected chi connectivity index (χ0v) is 25.5. The van der Waals surface area contributed by atoms with Crippen molar-refractivity contribution in [2.45, 2.75) is 45.0 Å². The van der Waals surface area contributed by atoms with Crippen molar-refractivity contribution in [3.63, 3.8) is 0 Å². The van der Waals surface area contributed by atoms with Gasteiger partial charge in [-0.25, -0.2) is 9.18 Å². The molecule has 2 unspecified atom stereocenters. The summed E-state index contributed by atoms with van der Waals surface area (Å²) in [5.74, 6) is -0.667. The minimum Gasteiger partial charge on any atom is -0.444 e. The molecule has 2 heterocycles. The molecule has 2 atom stereocenters. The van der Waals surface area contributed by atoms with Gasteiger partial charge in [0.15, 0.2) is 0 Å². The maximum Gasteiger partial charge on any atom is 0.410 e. The first kappa shape index (κ1) is 31.5. The van der Waals surface area contributed by atoms with Gasteiger partial charge >= 0.3 is 6.09 Å². The summed E-state index contributed by atoms with van der Waals surface area (Å²) < 4.78 is 19.1. The SMILES string of the molecule is CN(C)CC(=O)Nc1cc(Cl)ccc1C=CC(=O)N1C2CN(Cc3ccc(F)cc3)CC1CN(C(=O)OC(C)(C)C)C2. The number of hydrogen-bond acceptors (Lipinski definition) is 6. The summed E-state index contributed by atoms with van der Waals surface area (Å²) in [6.07, 6.45) is 2.78. The molecule has 2 aliphatic rings. The number of anilines is 1. The van der Waals surface area contributed by atoms with Crippen LogP contribution in [0.2, 0.25) is 5.02 Å². The first-order valence-electron chi connectivity index (χ1n) is 14.0. The number of benzene rings is 2. The molecule has 2 aromatic rings. The van der Waals surface area contributed by atoms with Crippen LogP contribution in [0, 0.1) is 5.82 Å². The topological polar surface area (TPSA) is 85.4 Å². The molecule has 1 N–H and O–H groups in total. The van der Waals surface area contributed by atoms with Crippen molar-refractivity contribution in [3.8, 4) is 0 Å². The Morgan fingerprint density at radius 2 is 1.69 bits per heavy atom. The minimum absolute atomic E-state index is 0.184. The van der Waals surface area contributed by atoms with E-state index in [0.717, 1.165) is 5.56 Å². The molecule has 11 heteroatoms. The predicted molar refractivity (Wildman–Crippen MR) is 162 cm³/mol. The van der Waals surface area contributed by atoms with Gasteiger partial charge in [-0.05, 0) is 76.3 Å². The van der Waals surface area contributed by atoms with E-state index in [1.54, 1.807) is 60.3 Å².